The van der Waals surface area contributed by atoms with Gasteiger partial charge in [-0.2, -0.15) is 0 Å². The zero-order valence-electron chi connectivity index (χ0n) is 11.3. The van der Waals surface area contributed by atoms with E-state index in [-0.39, 0.29) is 11.8 Å². The number of nitrogens with zero attached hydrogens (tertiary/aromatic N) is 2. The number of amides is 1. The molecule has 0 radical (unpaired) electrons. The average Bonchev–Trinajstić information content (AvgIpc) is 2.40. The van der Waals surface area contributed by atoms with E-state index in [9.17, 15) is 9.90 Å². The highest BCUT2D eigenvalue weighted by atomic mass is 16.3. The molecule has 3 N–H and O–H groups in total. The summed E-state index contributed by atoms with van der Waals surface area (Å²) in [6.07, 6.45) is 2.87. The van der Waals surface area contributed by atoms with Crippen LogP contribution < -0.4 is 5.73 Å². The van der Waals surface area contributed by atoms with Gasteiger partial charge in [0.15, 0.2) is 0 Å². The summed E-state index contributed by atoms with van der Waals surface area (Å²) in [7, 11) is 2.09. The summed E-state index contributed by atoms with van der Waals surface area (Å²) in [5.74, 6) is 0.377. The number of likely N-dealkylation sites (N-methyl/N-ethyl adjacent to an activating group) is 1. The molecule has 0 spiro atoms. The molecular weight excluding hydrogens is 230 g/mol. The Morgan fingerprint density at radius 3 is 2.33 bits per heavy atom. The molecular formula is C13H25N3O2. The number of hydrogen-bond donors (Lipinski definition) is 2. The lowest BCUT2D eigenvalue weighted by molar-refractivity contribution is -0.140. The predicted octanol–water partition coefficient (Wildman–Crippen LogP) is -0.360. The van der Waals surface area contributed by atoms with Crippen LogP contribution in [0, 0.1) is 5.92 Å². The maximum atomic E-state index is 12.4. The molecule has 5 heteroatoms. The van der Waals surface area contributed by atoms with Crippen LogP contribution in [0.3, 0.4) is 0 Å². The summed E-state index contributed by atoms with van der Waals surface area (Å²) < 4.78 is 0. The zero-order valence-corrected chi connectivity index (χ0v) is 11.3. The highest BCUT2D eigenvalue weighted by Gasteiger charge is 2.36. The average molecular weight is 255 g/mol. The predicted molar refractivity (Wildman–Crippen MR) is 70.0 cm³/mol. The number of piperazine rings is 1. The van der Waals surface area contributed by atoms with Crippen molar-refractivity contribution in [2.75, 3.05) is 39.8 Å². The van der Waals surface area contributed by atoms with Crippen LogP contribution in [0.4, 0.5) is 0 Å². The summed E-state index contributed by atoms with van der Waals surface area (Å²) >= 11 is 0. The van der Waals surface area contributed by atoms with E-state index in [4.69, 9.17) is 5.73 Å². The number of rotatable bonds is 2. The third-order valence-corrected chi connectivity index (χ3v) is 4.46. The van der Waals surface area contributed by atoms with E-state index in [0.717, 1.165) is 39.0 Å². The molecule has 0 atom stereocenters. The first-order valence-electron chi connectivity index (χ1n) is 6.94. The van der Waals surface area contributed by atoms with Gasteiger partial charge >= 0.3 is 0 Å². The van der Waals surface area contributed by atoms with Crippen molar-refractivity contribution in [1.82, 2.24) is 9.80 Å². The third kappa shape index (κ3) is 3.02. The van der Waals surface area contributed by atoms with E-state index in [0.29, 0.717) is 19.4 Å². The maximum Gasteiger partial charge on any atom is 0.225 e. The highest BCUT2D eigenvalue weighted by Crippen LogP contribution is 2.32. The van der Waals surface area contributed by atoms with Gasteiger partial charge in [-0.05, 0) is 32.7 Å². The van der Waals surface area contributed by atoms with Gasteiger partial charge in [-0.25, -0.2) is 0 Å². The number of nitrogens with two attached hydrogens (primary N) is 1. The second kappa shape index (κ2) is 5.55. The Balaban J connectivity index is 1.84. The first-order chi connectivity index (χ1) is 8.54. The van der Waals surface area contributed by atoms with Gasteiger partial charge in [0.25, 0.3) is 0 Å². The summed E-state index contributed by atoms with van der Waals surface area (Å²) in [5.41, 5.74) is 4.84. The standard InChI is InChI=1S/C13H25N3O2/c1-15-6-8-16(9-7-15)12(17)11-2-4-13(18,10-14)5-3-11/h11,18H,2-10,14H2,1H3. The monoisotopic (exact) mass is 255 g/mol. The Bertz CT molecular complexity index is 293. The molecule has 0 unspecified atom stereocenters. The molecule has 0 aromatic heterocycles. The molecule has 1 aliphatic heterocycles. The van der Waals surface area contributed by atoms with E-state index < -0.39 is 5.60 Å². The molecule has 2 fully saturated rings. The summed E-state index contributed by atoms with van der Waals surface area (Å²) in [6.45, 7) is 3.92. The van der Waals surface area contributed by atoms with Gasteiger partial charge in [0.1, 0.15) is 0 Å². The van der Waals surface area contributed by atoms with Crippen molar-refractivity contribution in [3.05, 3.63) is 0 Å². The minimum Gasteiger partial charge on any atom is -0.389 e. The Labute approximate surface area is 109 Å². The SMILES string of the molecule is CN1CCN(C(=O)C2CCC(O)(CN)CC2)CC1. The van der Waals surface area contributed by atoms with Gasteiger partial charge in [-0.1, -0.05) is 0 Å². The third-order valence-electron chi connectivity index (χ3n) is 4.46. The summed E-state index contributed by atoms with van der Waals surface area (Å²) in [4.78, 5) is 16.6. The first kappa shape index (κ1) is 13.8. The molecule has 18 heavy (non-hydrogen) atoms. The fourth-order valence-electron chi connectivity index (χ4n) is 2.89. The maximum absolute atomic E-state index is 12.4. The second-order valence-corrected chi connectivity index (χ2v) is 5.83. The van der Waals surface area contributed by atoms with Crippen LogP contribution in [-0.2, 0) is 4.79 Å². The Kier molecular flexibility index (Phi) is 4.25. The largest absolute Gasteiger partial charge is 0.389 e. The molecule has 104 valence electrons. The summed E-state index contributed by atoms with van der Waals surface area (Å²) in [5, 5.41) is 10.1. The number of carbonyl (C=O) groups is 1. The molecule has 1 heterocycles. The zero-order chi connectivity index (χ0) is 13.2. The van der Waals surface area contributed by atoms with E-state index in [1.165, 1.54) is 0 Å². The number of hydrogen-bond acceptors (Lipinski definition) is 4. The van der Waals surface area contributed by atoms with Gasteiger partial charge in [0.2, 0.25) is 5.91 Å². The van der Waals surface area contributed by atoms with E-state index in [1.807, 2.05) is 4.90 Å². The van der Waals surface area contributed by atoms with Crippen molar-refractivity contribution in [2.45, 2.75) is 31.3 Å². The van der Waals surface area contributed by atoms with Gasteiger partial charge in [-0.15, -0.1) is 0 Å². The van der Waals surface area contributed by atoms with Gasteiger partial charge in [-0.3, -0.25) is 4.79 Å². The Morgan fingerprint density at radius 2 is 1.83 bits per heavy atom. The molecule has 0 bridgehead atoms. The second-order valence-electron chi connectivity index (χ2n) is 5.83. The quantitative estimate of drug-likeness (QED) is 0.707. The number of carbonyl (C=O) groups excluding carboxylic acids is 1. The van der Waals surface area contributed by atoms with Crippen LogP contribution in [0.15, 0.2) is 0 Å². The van der Waals surface area contributed by atoms with Crippen molar-refractivity contribution < 1.29 is 9.90 Å². The van der Waals surface area contributed by atoms with Crippen LogP contribution in [0.25, 0.3) is 0 Å². The summed E-state index contributed by atoms with van der Waals surface area (Å²) in [6, 6.07) is 0. The minimum absolute atomic E-state index is 0.0974. The molecule has 1 saturated heterocycles. The van der Waals surface area contributed by atoms with Crippen molar-refractivity contribution in [2.24, 2.45) is 11.7 Å². The van der Waals surface area contributed by atoms with Crippen molar-refractivity contribution in [1.29, 1.82) is 0 Å². The van der Waals surface area contributed by atoms with Crippen molar-refractivity contribution >= 4 is 5.91 Å². The van der Waals surface area contributed by atoms with E-state index in [2.05, 4.69) is 11.9 Å². The van der Waals surface area contributed by atoms with Crippen LogP contribution in [0.5, 0.6) is 0 Å². The molecule has 1 saturated carbocycles. The first-order valence-corrected chi connectivity index (χ1v) is 6.94. The smallest absolute Gasteiger partial charge is 0.225 e. The van der Waals surface area contributed by atoms with Gasteiger partial charge in [0, 0.05) is 38.6 Å². The molecule has 2 rings (SSSR count). The molecule has 1 aliphatic carbocycles. The van der Waals surface area contributed by atoms with E-state index >= 15 is 0 Å². The lowest BCUT2D eigenvalue weighted by Gasteiger charge is -2.38. The molecule has 2 aliphatic rings. The van der Waals surface area contributed by atoms with Gasteiger partial charge in [0.05, 0.1) is 5.60 Å². The lowest BCUT2D eigenvalue weighted by Crippen LogP contribution is -2.50. The van der Waals surface area contributed by atoms with Crippen LogP contribution in [0.1, 0.15) is 25.7 Å². The van der Waals surface area contributed by atoms with Crippen molar-refractivity contribution in [3.8, 4) is 0 Å². The normalized spacial score (nSPS) is 34.6. The topological polar surface area (TPSA) is 69.8 Å². The van der Waals surface area contributed by atoms with Crippen LogP contribution >= 0.6 is 0 Å². The fraction of sp³-hybridized carbons (Fsp3) is 0.923. The Morgan fingerprint density at radius 1 is 1.28 bits per heavy atom. The lowest BCUT2D eigenvalue weighted by atomic mass is 9.78. The highest BCUT2D eigenvalue weighted by molar-refractivity contribution is 5.79. The van der Waals surface area contributed by atoms with Crippen molar-refractivity contribution in [3.63, 3.8) is 0 Å². The molecule has 5 nitrogen and oxygen atoms in total. The minimum atomic E-state index is -0.723. The molecule has 1 amide bonds. The van der Waals surface area contributed by atoms with E-state index in [1.54, 1.807) is 0 Å². The molecule has 0 aromatic rings. The number of aliphatic hydroxyl groups is 1. The molecule has 0 aromatic carbocycles. The van der Waals surface area contributed by atoms with Crippen LogP contribution in [0.2, 0.25) is 0 Å². The van der Waals surface area contributed by atoms with Crippen LogP contribution in [-0.4, -0.2) is 66.2 Å². The Hall–Kier alpha value is -0.650. The fourth-order valence-corrected chi connectivity index (χ4v) is 2.89. The van der Waals surface area contributed by atoms with Gasteiger partial charge < -0.3 is 20.6 Å².